The first kappa shape index (κ1) is 16.1. The maximum atomic E-state index is 11.8. The van der Waals surface area contributed by atoms with E-state index in [1.54, 1.807) is 43.6 Å². The van der Waals surface area contributed by atoms with Gasteiger partial charge in [0.2, 0.25) is 0 Å². The Balaban J connectivity index is 2.11. The summed E-state index contributed by atoms with van der Waals surface area (Å²) in [5.74, 6) is 0.503. The maximum Gasteiger partial charge on any atom is 0.269 e. The number of hydrogen-bond acceptors (Lipinski definition) is 4. The molecule has 0 saturated heterocycles. The third-order valence-electron chi connectivity index (χ3n) is 2.97. The zero-order chi connectivity index (χ0) is 15.9. The van der Waals surface area contributed by atoms with Crippen molar-refractivity contribution in [1.29, 1.82) is 0 Å². The summed E-state index contributed by atoms with van der Waals surface area (Å²) in [5, 5.41) is 6.56. The Kier molecular flexibility index (Phi) is 5.61. The number of carbonyl (C=O) groups is 1. The Morgan fingerprint density at radius 1 is 1.32 bits per heavy atom. The Morgan fingerprint density at radius 2 is 2.14 bits per heavy atom. The minimum atomic E-state index is -0.172. The number of halogens is 1. The molecular weight excluding hydrogens is 302 g/mol. The van der Waals surface area contributed by atoms with E-state index in [9.17, 15) is 4.79 Å². The highest BCUT2D eigenvalue weighted by atomic mass is 35.5. The molecule has 0 aliphatic carbocycles. The lowest BCUT2D eigenvalue weighted by atomic mass is 10.2. The normalized spacial score (nSPS) is 10.1. The first-order valence-electron chi connectivity index (χ1n) is 6.99. The van der Waals surface area contributed by atoms with Gasteiger partial charge in [0.15, 0.2) is 0 Å². The number of pyridine rings is 1. The van der Waals surface area contributed by atoms with Gasteiger partial charge in [0.25, 0.3) is 5.91 Å². The van der Waals surface area contributed by atoms with Crippen LogP contribution >= 0.6 is 11.6 Å². The number of hydrogen-bond donors (Lipinski definition) is 2. The van der Waals surface area contributed by atoms with Crippen molar-refractivity contribution in [2.24, 2.45) is 0 Å². The zero-order valence-electron chi connectivity index (χ0n) is 12.5. The summed E-state index contributed by atoms with van der Waals surface area (Å²) < 4.78 is 5.27. The van der Waals surface area contributed by atoms with Gasteiger partial charge in [-0.2, -0.15) is 0 Å². The molecule has 5 nitrogen and oxygen atoms in total. The number of aromatic nitrogens is 1. The molecular formula is C16H18ClN3O2. The molecule has 1 aromatic heterocycles. The molecule has 0 fully saturated rings. The molecule has 0 radical (unpaired) electrons. The molecule has 0 bridgehead atoms. The number of benzene rings is 1. The third kappa shape index (κ3) is 4.11. The SMILES string of the molecule is CCCNC(=O)c1ccc(Nc2cc(Cl)ccc2OC)cn1. The molecule has 1 heterocycles. The van der Waals surface area contributed by atoms with Crippen molar-refractivity contribution >= 4 is 28.9 Å². The number of methoxy groups -OCH3 is 1. The zero-order valence-corrected chi connectivity index (χ0v) is 13.3. The predicted octanol–water partition coefficient (Wildman–Crippen LogP) is 3.63. The molecule has 0 aliphatic heterocycles. The molecule has 1 amide bonds. The Labute approximate surface area is 134 Å². The summed E-state index contributed by atoms with van der Waals surface area (Å²) in [6.07, 6.45) is 2.49. The smallest absolute Gasteiger partial charge is 0.269 e. The van der Waals surface area contributed by atoms with E-state index < -0.39 is 0 Å². The summed E-state index contributed by atoms with van der Waals surface area (Å²) in [4.78, 5) is 15.9. The van der Waals surface area contributed by atoms with Crippen LogP contribution < -0.4 is 15.4 Å². The summed E-state index contributed by atoms with van der Waals surface area (Å²) >= 11 is 5.99. The average molecular weight is 320 g/mol. The second kappa shape index (κ2) is 7.66. The van der Waals surface area contributed by atoms with E-state index in [1.165, 1.54) is 0 Å². The van der Waals surface area contributed by atoms with Crippen molar-refractivity contribution < 1.29 is 9.53 Å². The highest BCUT2D eigenvalue weighted by molar-refractivity contribution is 6.31. The fourth-order valence-corrected chi connectivity index (χ4v) is 2.04. The molecule has 1 aromatic carbocycles. The van der Waals surface area contributed by atoms with E-state index in [0.29, 0.717) is 23.0 Å². The van der Waals surface area contributed by atoms with Gasteiger partial charge in [0.1, 0.15) is 11.4 Å². The van der Waals surface area contributed by atoms with Crippen LogP contribution in [0, 0.1) is 0 Å². The van der Waals surface area contributed by atoms with E-state index in [4.69, 9.17) is 16.3 Å². The van der Waals surface area contributed by atoms with Crippen molar-refractivity contribution in [2.75, 3.05) is 19.0 Å². The average Bonchev–Trinajstić information content (AvgIpc) is 2.53. The number of rotatable bonds is 6. The summed E-state index contributed by atoms with van der Waals surface area (Å²) in [7, 11) is 1.59. The fraction of sp³-hybridized carbons (Fsp3) is 0.250. The topological polar surface area (TPSA) is 63.2 Å². The number of ether oxygens (including phenoxy) is 1. The van der Waals surface area contributed by atoms with Gasteiger partial charge in [-0.15, -0.1) is 0 Å². The van der Waals surface area contributed by atoms with E-state index in [0.717, 1.165) is 17.8 Å². The van der Waals surface area contributed by atoms with Crippen molar-refractivity contribution in [3.63, 3.8) is 0 Å². The van der Waals surface area contributed by atoms with Crippen LogP contribution in [0.15, 0.2) is 36.5 Å². The molecule has 0 aliphatic rings. The van der Waals surface area contributed by atoms with Crippen LogP contribution in [0.4, 0.5) is 11.4 Å². The number of nitrogens with one attached hydrogen (secondary N) is 2. The van der Waals surface area contributed by atoms with Crippen molar-refractivity contribution in [3.8, 4) is 5.75 Å². The molecule has 2 N–H and O–H groups in total. The van der Waals surface area contributed by atoms with Crippen molar-refractivity contribution in [3.05, 3.63) is 47.2 Å². The van der Waals surface area contributed by atoms with Gasteiger partial charge < -0.3 is 15.4 Å². The van der Waals surface area contributed by atoms with Gasteiger partial charge in [-0.05, 0) is 36.8 Å². The Hall–Kier alpha value is -2.27. The van der Waals surface area contributed by atoms with E-state index in [-0.39, 0.29) is 5.91 Å². The quantitative estimate of drug-likeness (QED) is 0.853. The van der Waals surface area contributed by atoms with Gasteiger partial charge in [0.05, 0.1) is 24.7 Å². The van der Waals surface area contributed by atoms with Gasteiger partial charge in [-0.25, -0.2) is 4.98 Å². The van der Waals surface area contributed by atoms with Gasteiger partial charge in [-0.3, -0.25) is 4.79 Å². The predicted molar refractivity (Wildman–Crippen MR) is 88.1 cm³/mol. The molecule has 0 atom stereocenters. The van der Waals surface area contributed by atoms with E-state index in [2.05, 4.69) is 15.6 Å². The van der Waals surface area contributed by atoms with Gasteiger partial charge in [0, 0.05) is 11.6 Å². The van der Waals surface area contributed by atoms with Crippen LogP contribution in [0.1, 0.15) is 23.8 Å². The summed E-state index contributed by atoms with van der Waals surface area (Å²) in [6, 6.07) is 8.76. The van der Waals surface area contributed by atoms with Crippen LogP contribution in [-0.4, -0.2) is 24.5 Å². The summed E-state index contributed by atoms with van der Waals surface area (Å²) in [5.41, 5.74) is 1.87. The summed E-state index contributed by atoms with van der Waals surface area (Å²) in [6.45, 7) is 2.64. The highest BCUT2D eigenvalue weighted by Crippen LogP contribution is 2.30. The lowest BCUT2D eigenvalue weighted by molar-refractivity contribution is 0.0949. The number of carbonyl (C=O) groups excluding carboxylic acids is 1. The van der Waals surface area contributed by atoms with Gasteiger partial charge in [-0.1, -0.05) is 18.5 Å². The standard InChI is InChI=1S/C16H18ClN3O2/c1-3-8-18-16(21)13-6-5-12(10-19-13)20-14-9-11(17)4-7-15(14)22-2/h4-7,9-10,20H,3,8H2,1-2H3,(H,18,21). The van der Waals surface area contributed by atoms with E-state index in [1.807, 2.05) is 6.92 Å². The van der Waals surface area contributed by atoms with Gasteiger partial charge >= 0.3 is 0 Å². The van der Waals surface area contributed by atoms with Crippen molar-refractivity contribution in [1.82, 2.24) is 10.3 Å². The Bertz CT molecular complexity index is 644. The Morgan fingerprint density at radius 3 is 2.77 bits per heavy atom. The molecule has 0 spiro atoms. The molecule has 116 valence electrons. The third-order valence-corrected chi connectivity index (χ3v) is 3.21. The first-order chi connectivity index (χ1) is 10.6. The number of nitrogens with zero attached hydrogens (tertiary/aromatic N) is 1. The van der Waals surface area contributed by atoms with E-state index >= 15 is 0 Å². The molecule has 0 unspecified atom stereocenters. The van der Waals surface area contributed by atoms with Crippen LogP contribution in [0.25, 0.3) is 0 Å². The molecule has 6 heteroatoms. The monoisotopic (exact) mass is 319 g/mol. The molecule has 0 saturated carbocycles. The lowest BCUT2D eigenvalue weighted by Gasteiger charge is -2.11. The molecule has 2 rings (SSSR count). The van der Waals surface area contributed by atoms with Crippen LogP contribution in [-0.2, 0) is 0 Å². The fourth-order valence-electron chi connectivity index (χ4n) is 1.86. The maximum absolute atomic E-state index is 11.8. The first-order valence-corrected chi connectivity index (χ1v) is 7.36. The second-order valence-electron chi connectivity index (χ2n) is 4.66. The van der Waals surface area contributed by atoms with Crippen molar-refractivity contribution in [2.45, 2.75) is 13.3 Å². The molecule has 22 heavy (non-hydrogen) atoms. The number of anilines is 2. The molecule has 2 aromatic rings. The van der Waals surface area contributed by atoms with Crippen LogP contribution in [0.2, 0.25) is 5.02 Å². The number of amides is 1. The van der Waals surface area contributed by atoms with Crippen LogP contribution in [0.3, 0.4) is 0 Å². The minimum Gasteiger partial charge on any atom is -0.495 e. The highest BCUT2D eigenvalue weighted by Gasteiger charge is 2.08. The van der Waals surface area contributed by atoms with Crippen LogP contribution in [0.5, 0.6) is 5.75 Å². The second-order valence-corrected chi connectivity index (χ2v) is 5.09. The minimum absolute atomic E-state index is 0.172. The lowest BCUT2D eigenvalue weighted by Crippen LogP contribution is -2.24. The largest absolute Gasteiger partial charge is 0.495 e.